The molecule has 0 unspecified atom stereocenters. The van der Waals surface area contributed by atoms with Crippen molar-refractivity contribution in [1.29, 1.82) is 0 Å². The number of hydrogen-bond donors (Lipinski definition) is 1. The summed E-state index contributed by atoms with van der Waals surface area (Å²) in [6.07, 6.45) is -3.97. The van der Waals surface area contributed by atoms with Crippen LogP contribution in [0.25, 0.3) is 0 Å². The van der Waals surface area contributed by atoms with Crippen molar-refractivity contribution in [3.05, 3.63) is 22.7 Å². The van der Waals surface area contributed by atoms with Gasteiger partial charge >= 0.3 is 6.36 Å². The van der Waals surface area contributed by atoms with Gasteiger partial charge in [-0.2, -0.15) is 0 Å². The zero-order valence-corrected chi connectivity index (χ0v) is 13.1. The largest absolute Gasteiger partial charge is 0.573 e. The second kappa shape index (κ2) is 7.32. The van der Waals surface area contributed by atoms with Crippen LogP contribution in [0.5, 0.6) is 11.5 Å². The van der Waals surface area contributed by atoms with Crippen molar-refractivity contribution < 1.29 is 31.1 Å². The highest BCUT2D eigenvalue weighted by Crippen LogP contribution is 2.33. The van der Waals surface area contributed by atoms with Crippen LogP contribution < -0.4 is 14.6 Å². The number of nitrogens with two attached hydrogens (primary N) is 1. The summed E-state index contributed by atoms with van der Waals surface area (Å²) in [6, 6.07) is 3.78. The zero-order chi connectivity index (χ0) is 16.1. The molecule has 120 valence electrons. The van der Waals surface area contributed by atoms with E-state index >= 15 is 0 Å². The molecule has 10 heteroatoms. The van der Waals surface area contributed by atoms with Gasteiger partial charge in [-0.15, -0.1) is 13.2 Å². The molecular weight excluding hydrogens is 379 g/mol. The number of primary sulfonamides is 1. The maximum absolute atomic E-state index is 12.1. The predicted molar refractivity (Wildman–Crippen MR) is 73.5 cm³/mol. The quantitative estimate of drug-likeness (QED) is 0.724. The Morgan fingerprint density at radius 2 is 1.90 bits per heavy atom. The Hall–Kier alpha value is -1.00. The standard InChI is InChI=1S/C11H13BrF3NO4S/c12-9-7-8(3-4-10(9)20-11(13,14)15)19-5-1-2-6-21(16,17)18/h3-4,7H,1-2,5-6H2,(H2,16,17,18). The first-order valence-corrected chi connectivity index (χ1v) is 8.26. The number of hydrogen-bond acceptors (Lipinski definition) is 4. The lowest BCUT2D eigenvalue weighted by atomic mass is 10.3. The second-order valence-corrected chi connectivity index (χ2v) is 6.65. The van der Waals surface area contributed by atoms with Gasteiger partial charge in [-0.05, 0) is 47.0 Å². The molecule has 0 aromatic heterocycles. The average Bonchev–Trinajstić information content (AvgIpc) is 2.29. The molecule has 0 fully saturated rings. The van der Waals surface area contributed by atoms with E-state index in [0.717, 1.165) is 6.07 Å². The molecule has 0 saturated heterocycles. The van der Waals surface area contributed by atoms with Crippen molar-refractivity contribution >= 4 is 26.0 Å². The van der Waals surface area contributed by atoms with Crippen LogP contribution >= 0.6 is 15.9 Å². The van der Waals surface area contributed by atoms with Gasteiger partial charge in [-0.1, -0.05) is 0 Å². The van der Waals surface area contributed by atoms with Crippen LogP contribution in [0.2, 0.25) is 0 Å². The van der Waals surface area contributed by atoms with Gasteiger partial charge in [0, 0.05) is 0 Å². The topological polar surface area (TPSA) is 78.6 Å². The van der Waals surface area contributed by atoms with Crippen LogP contribution in [-0.2, 0) is 10.0 Å². The molecule has 0 bridgehead atoms. The van der Waals surface area contributed by atoms with E-state index in [9.17, 15) is 21.6 Å². The molecule has 1 aromatic rings. The third-order valence-electron chi connectivity index (χ3n) is 2.22. The summed E-state index contributed by atoms with van der Waals surface area (Å²) >= 11 is 2.95. The van der Waals surface area contributed by atoms with Crippen molar-refractivity contribution in [3.63, 3.8) is 0 Å². The summed E-state index contributed by atoms with van der Waals surface area (Å²) < 4.78 is 66.8. The minimum absolute atomic E-state index is 0.0989. The highest BCUT2D eigenvalue weighted by molar-refractivity contribution is 9.10. The van der Waals surface area contributed by atoms with Gasteiger partial charge in [0.15, 0.2) is 0 Å². The number of sulfonamides is 1. The summed E-state index contributed by atoms with van der Waals surface area (Å²) in [5.74, 6) is -0.172. The summed E-state index contributed by atoms with van der Waals surface area (Å²) in [5, 5.41) is 4.84. The van der Waals surface area contributed by atoms with Crippen LogP contribution in [0.4, 0.5) is 13.2 Å². The Morgan fingerprint density at radius 1 is 1.24 bits per heavy atom. The van der Waals surface area contributed by atoms with E-state index in [1.54, 1.807) is 0 Å². The van der Waals surface area contributed by atoms with Gasteiger partial charge in [-0.25, -0.2) is 13.6 Å². The maximum atomic E-state index is 12.1. The Bertz CT molecular complexity index is 577. The first kappa shape index (κ1) is 18.1. The van der Waals surface area contributed by atoms with Crippen LogP contribution in [0.1, 0.15) is 12.8 Å². The molecular formula is C11H13BrF3NO4S. The Balaban J connectivity index is 2.45. The normalized spacial score (nSPS) is 12.2. The molecule has 0 spiro atoms. The first-order chi connectivity index (χ1) is 9.57. The molecule has 2 N–H and O–H groups in total. The van der Waals surface area contributed by atoms with Crippen molar-refractivity contribution in [3.8, 4) is 11.5 Å². The molecule has 0 amide bonds. The number of ether oxygens (including phenoxy) is 2. The maximum Gasteiger partial charge on any atom is 0.573 e. The number of unbranched alkanes of at least 4 members (excludes halogenated alkanes) is 1. The monoisotopic (exact) mass is 391 g/mol. The van der Waals surface area contributed by atoms with Gasteiger partial charge in [-0.3, -0.25) is 0 Å². The van der Waals surface area contributed by atoms with E-state index in [1.807, 2.05) is 0 Å². The fraction of sp³-hybridized carbons (Fsp3) is 0.455. The van der Waals surface area contributed by atoms with Gasteiger partial charge in [0.25, 0.3) is 0 Å². The number of halogens is 4. The number of alkyl halides is 3. The Kier molecular flexibility index (Phi) is 6.29. The summed E-state index contributed by atoms with van der Waals surface area (Å²) in [4.78, 5) is 0. The van der Waals surface area contributed by atoms with Crippen molar-refractivity contribution in [2.45, 2.75) is 19.2 Å². The fourth-order valence-corrected chi connectivity index (χ4v) is 2.42. The molecule has 0 aliphatic heterocycles. The Labute approximate surface area is 128 Å². The fourth-order valence-electron chi connectivity index (χ4n) is 1.37. The van der Waals surface area contributed by atoms with Gasteiger partial charge in [0.1, 0.15) is 11.5 Å². The second-order valence-electron chi connectivity index (χ2n) is 4.06. The van der Waals surface area contributed by atoms with E-state index in [0.29, 0.717) is 18.6 Å². The van der Waals surface area contributed by atoms with Crippen molar-refractivity contribution in [1.82, 2.24) is 0 Å². The molecule has 1 aromatic carbocycles. The first-order valence-electron chi connectivity index (χ1n) is 5.75. The zero-order valence-electron chi connectivity index (χ0n) is 10.7. The predicted octanol–water partition coefficient (Wildman–Crippen LogP) is 2.80. The average molecular weight is 392 g/mol. The van der Waals surface area contributed by atoms with Crippen molar-refractivity contribution in [2.24, 2.45) is 5.14 Å². The lowest BCUT2D eigenvalue weighted by Crippen LogP contribution is -2.17. The van der Waals surface area contributed by atoms with Gasteiger partial charge in [0.05, 0.1) is 16.8 Å². The lowest BCUT2D eigenvalue weighted by Gasteiger charge is -2.12. The third-order valence-corrected chi connectivity index (χ3v) is 3.70. The van der Waals surface area contributed by atoms with Crippen LogP contribution in [0, 0.1) is 0 Å². The number of benzene rings is 1. The molecule has 5 nitrogen and oxygen atoms in total. The van der Waals surface area contributed by atoms with E-state index in [1.165, 1.54) is 12.1 Å². The van der Waals surface area contributed by atoms with Gasteiger partial charge < -0.3 is 9.47 Å². The van der Waals surface area contributed by atoms with Crippen LogP contribution in [0.3, 0.4) is 0 Å². The molecule has 0 aliphatic carbocycles. The number of rotatable bonds is 7. The molecule has 0 heterocycles. The summed E-state index contributed by atoms with van der Waals surface area (Å²) in [5.41, 5.74) is 0. The highest BCUT2D eigenvalue weighted by Gasteiger charge is 2.31. The lowest BCUT2D eigenvalue weighted by molar-refractivity contribution is -0.274. The van der Waals surface area contributed by atoms with E-state index in [4.69, 9.17) is 9.88 Å². The molecule has 0 atom stereocenters. The SMILES string of the molecule is NS(=O)(=O)CCCCOc1ccc(OC(F)(F)F)c(Br)c1. The highest BCUT2D eigenvalue weighted by atomic mass is 79.9. The van der Waals surface area contributed by atoms with Crippen LogP contribution in [0.15, 0.2) is 22.7 Å². The summed E-state index contributed by atoms with van der Waals surface area (Å²) in [6.45, 7) is 0.224. The third kappa shape index (κ3) is 8.12. The Morgan fingerprint density at radius 3 is 2.43 bits per heavy atom. The molecule has 0 radical (unpaired) electrons. The molecule has 1 rings (SSSR count). The molecule has 21 heavy (non-hydrogen) atoms. The van der Waals surface area contributed by atoms with Crippen LogP contribution in [-0.4, -0.2) is 27.1 Å². The van der Waals surface area contributed by atoms with E-state index < -0.39 is 16.4 Å². The van der Waals surface area contributed by atoms with Crippen molar-refractivity contribution in [2.75, 3.05) is 12.4 Å². The van der Waals surface area contributed by atoms with Gasteiger partial charge in [0.2, 0.25) is 10.0 Å². The smallest absolute Gasteiger partial charge is 0.494 e. The van der Waals surface area contributed by atoms with E-state index in [-0.39, 0.29) is 22.6 Å². The minimum Gasteiger partial charge on any atom is -0.494 e. The molecule has 0 saturated carbocycles. The van der Waals surface area contributed by atoms with E-state index in [2.05, 4.69) is 20.7 Å². The molecule has 0 aliphatic rings. The minimum atomic E-state index is -4.77. The summed E-state index contributed by atoms with van der Waals surface area (Å²) in [7, 11) is -3.49.